The first-order valence-corrected chi connectivity index (χ1v) is 18.1. The maximum absolute atomic E-state index is 17.6. The average molecular weight is 747 g/mol. The highest BCUT2D eigenvalue weighted by Gasteiger charge is 2.73. The maximum Gasteiger partial charge on any atom is 0.286 e. The summed E-state index contributed by atoms with van der Waals surface area (Å²) in [6, 6.07) is 38.0. The maximum atomic E-state index is 17.6. The molecule has 0 radical (unpaired) electrons. The zero-order valence-corrected chi connectivity index (χ0v) is 31.4. The van der Waals surface area contributed by atoms with Crippen LogP contribution in [0.4, 0.5) is 40.3 Å². The smallest absolute Gasteiger partial charge is 0.286 e. The second kappa shape index (κ2) is 13.6. The third-order valence-corrected chi connectivity index (χ3v) is 11.1. The van der Waals surface area contributed by atoms with E-state index in [9.17, 15) is 10.5 Å². The number of nitriles is 2. The van der Waals surface area contributed by atoms with Gasteiger partial charge in [-0.25, -0.2) is 17.6 Å². The Bertz CT molecular complexity index is 2440. The summed E-state index contributed by atoms with van der Waals surface area (Å²) in [7, 11) is 0. The zero-order chi connectivity index (χ0) is 40.2. The van der Waals surface area contributed by atoms with Crippen molar-refractivity contribution in [2.75, 3.05) is 9.80 Å². The molecule has 278 valence electrons. The fraction of sp³-hybridized carbons (Fsp3) is 0.167. The molecule has 0 N–H and O–H groups in total. The average Bonchev–Trinajstić information content (AvgIpc) is 3.30. The largest absolute Gasteiger partial charge is 0.310 e. The number of hydrogen-bond donors (Lipinski definition) is 0. The van der Waals surface area contributed by atoms with Crippen molar-refractivity contribution in [3.63, 3.8) is 0 Å². The molecule has 1 heterocycles. The highest BCUT2D eigenvalue weighted by Crippen LogP contribution is 2.71. The number of anilines is 4. The van der Waals surface area contributed by atoms with Gasteiger partial charge in [-0.05, 0) is 74.2 Å². The molecule has 1 aliphatic carbocycles. The Hall–Kier alpha value is -6.64. The van der Waals surface area contributed by atoms with Crippen LogP contribution in [-0.4, -0.2) is 0 Å². The van der Waals surface area contributed by atoms with Gasteiger partial charge in [0.15, 0.2) is 0 Å². The lowest BCUT2D eigenvalue weighted by Gasteiger charge is -2.47. The summed E-state index contributed by atoms with van der Waals surface area (Å²) in [4.78, 5) is 2.65. The first-order chi connectivity index (χ1) is 26.8. The number of nitrogens with zero attached hydrogens (tertiary/aromatic N) is 4. The number of benzene rings is 5. The minimum Gasteiger partial charge on any atom is -0.310 e. The van der Waals surface area contributed by atoms with E-state index in [1.54, 1.807) is 50.3 Å². The lowest BCUT2D eigenvalue weighted by atomic mass is 9.62. The monoisotopic (exact) mass is 746 g/mol. The van der Waals surface area contributed by atoms with Crippen molar-refractivity contribution in [1.82, 2.24) is 0 Å². The van der Waals surface area contributed by atoms with E-state index in [0.717, 1.165) is 25.0 Å². The molecular weight excluding hydrogens is 709 g/mol. The van der Waals surface area contributed by atoms with E-state index in [1.165, 1.54) is 22.0 Å². The second-order valence-corrected chi connectivity index (χ2v) is 14.4. The van der Waals surface area contributed by atoms with Gasteiger partial charge >= 0.3 is 0 Å². The third-order valence-electron chi connectivity index (χ3n) is 11.1. The van der Waals surface area contributed by atoms with Gasteiger partial charge in [-0.3, -0.25) is 0 Å². The Morgan fingerprint density at radius 1 is 0.625 bits per heavy atom. The van der Waals surface area contributed by atoms with Gasteiger partial charge in [0, 0.05) is 11.4 Å². The summed E-state index contributed by atoms with van der Waals surface area (Å²) >= 11 is 0. The fourth-order valence-corrected chi connectivity index (χ4v) is 8.48. The summed E-state index contributed by atoms with van der Waals surface area (Å²) in [6.45, 7) is 13.1. The Labute approximate surface area is 324 Å². The molecule has 5 aromatic rings. The summed E-state index contributed by atoms with van der Waals surface area (Å²) in [5.41, 5.74) is -4.17. The highest BCUT2D eigenvalue weighted by atomic mass is 19.3. The van der Waals surface area contributed by atoms with Gasteiger partial charge in [0.25, 0.3) is 11.8 Å². The van der Waals surface area contributed by atoms with Crippen LogP contribution in [0.5, 0.6) is 0 Å². The van der Waals surface area contributed by atoms with Crippen LogP contribution in [-0.2, 0) is 17.3 Å². The van der Waals surface area contributed by atoms with Gasteiger partial charge in [0.05, 0.1) is 50.4 Å². The molecule has 0 saturated carbocycles. The lowest BCUT2D eigenvalue weighted by Crippen LogP contribution is -2.40. The summed E-state index contributed by atoms with van der Waals surface area (Å²) < 4.78 is 69.9. The van der Waals surface area contributed by atoms with Crippen LogP contribution in [0.25, 0.3) is 0 Å². The van der Waals surface area contributed by atoms with E-state index in [4.69, 9.17) is 0 Å². The first kappa shape index (κ1) is 37.7. The van der Waals surface area contributed by atoms with Gasteiger partial charge < -0.3 is 9.80 Å². The van der Waals surface area contributed by atoms with E-state index < -0.39 is 56.3 Å². The SMILES string of the molecule is C=C(C=CC)N(C(=C)C=CC)c1c(C#N)c(C#N)c(N2c3ccccc3C(c3ccccc3)(c3ccccc3)c3ccccc32)c2c1C(F)(F)C(C)(C)C2(F)F. The number of fused-ring (bicyclic) bond motifs is 3. The lowest BCUT2D eigenvalue weighted by molar-refractivity contribution is -0.212. The Morgan fingerprint density at radius 3 is 1.46 bits per heavy atom. The van der Waals surface area contributed by atoms with Crippen molar-refractivity contribution in [2.24, 2.45) is 5.41 Å². The quantitative estimate of drug-likeness (QED) is 0.115. The molecule has 0 amide bonds. The van der Waals surface area contributed by atoms with Gasteiger partial charge in [-0.1, -0.05) is 122 Å². The molecule has 0 aromatic heterocycles. The normalized spacial score (nSPS) is 16.7. The number of para-hydroxylation sites is 2. The van der Waals surface area contributed by atoms with Crippen LogP contribution < -0.4 is 9.80 Å². The van der Waals surface area contributed by atoms with Gasteiger partial charge in [0.1, 0.15) is 17.6 Å². The molecule has 2 aliphatic rings. The van der Waals surface area contributed by atoms with E-state index in [1.807, 2.05) is 91.0 Å². The second-order valence-electron chi connectivity index (χ2n) is 14.4. The van der Waals surface area contributed by atoms with E-state index in [-0.39, 0.29) is 11.4 Å². The number of alkyl halides is 4. The van der Waals surface area contributed by atoms with Crippen LogP contribution in [0.3, 0.4) is 0 Å². The third kappa shape index (κ3) is 4.95. The Kier molecular flexibility index (Phi) is 9.14. The molecule has 0 unspecified atom stereocenters. The fourth-order valence-electron chi connectivity index (χ4n) is 8.48. The molecule has 8 heteroatoms. The van der Waals surface area contributed by atoms with Crippen molar-refractivity contribution >= 4 is 22.7 Å². The van der Waals surface area contributed by atoms with E-state index in [0.29, 0.717) is 22.5 Å². The molecule has 0 atom stereocenters. The predicted molar refractivity (Wildman–Crippen MR) is 214 cm³/mol. The Balaban J connectivity index is 1.72. The molecule has 0 spiro atoms. The molecule has 4 nitrogen and oxygen atoms in total. The summed E-state index contributed by atoms with van der Waals surface area (Å²) in [5.74, 6) is -8.46. The summed E-state index contributed by atoms with van der Waals surface area (Å²) in [6.07, 6.45) is 6.22. The Morgan fingerprint density at radius 2 is 1.04 bits per heavy atom. The van der Waals surface area contributed by atoms with Crippen LogP contribution in [0, 0.1) is 28.1 Å². The molecular formula is C48H38F4N4. The molecule has 7 rings (SSSR count). The van der Waals surface area contributed by atoms with E-state index >= 15 is 17.6 Å². The van der Waals surface area contributed by atoms with Crippen molar-refractivity contribution in [3.05, 3.63) is 203 Å². The van der Waals surface area contributed by atoms with Crippen LogP contribution in [0.1, 0.15) is 72.2 Å². The molecule has 56 heavy (non-hydrogen) atoms. The van der Waals surface area contributed by atoms with Crippen LogP contribution in [0.2, 0.25) is 0 Å². The molecule has 5 aromatic carbocycles. The van der Waals surface area contributed by atoms with Gasteiger partial charge in [-0.15, -0.1) is 0 Å². The van der Waals surface area contributed by atoms with Crippen molar-refractivity contribution in [1.29, 1.82) is 10.5 Å². The van der Waals surface area contributed by atoms with Crippen molar-refractivity contribution in [3.8, 4) is 12.1 Å². The standard InChI is InChI=1S/C48H38F4N4/c1-7-19-31(3)55(32(4)20-8-2)43-35(29-53)36(30-54)44(42-41(43)47(49,50)45(5,6)48(42,51)52)56-39-27-17-15-25-37(39)46(33-21-11-9-12-22-33,34-23-13-10-14-24-34)38-26-16-18-28-40(38)56/h7-28H,3-4H2,1-2,5-6H3. The molecule has 1 aliphatic heterocycles. The topological polar surface area (TPSA) is 54.1 Å². The number of hydrogen-bond acceptors (Lipinski definition) is 4. The molecule has 0 bridgehead atoms. The van der Waals surface area contributed by atoms with Gasteiger partial charge in [0.2, 0.25) is 0 Å². The first-order valence-electron chi connectivity index (χ1n) is 18.1. The zero-order valence-electron chi connectivity index (χ0n) is 31.4. The predicted octanol–water partition coefficient (Wildman–Crippen LogP) is 12.8. The minimum absolute atomic E-state index is 0.0823. The van der Waals surface area contributed by atoms with Crippen molar-refractivity contribution in [2.45, 2.75) is 45.0 Å². The number of allylic oxidation sites excluding steroid dienone is 4. The highest BCUT2D eigenvalue weighted by molar-refractivity contribution is 5.96. The summed E-state index contributed by atoms with van der Waals surface area (Å²) in [5, 5.41) is 22.1. The van der Waals surface area contributed by atoms with Crippen LogP contribution >= 0.6 is 0 Å². The van der Waals surface area contributed by atoms with Gasteiger partial charge in [-0.2, -0.15) is 10.5 Å². The van der Waals surface area contributed by atoms with Crippen LogP contribution in [0.15, 0.2) is 158 Å². The van der Waals surface area contributed by atoms with Crippen molar-refractivity contribution < 1.29 is 17.6 Å². The number of halogens is 4. The van der Waals surface area contributed by atoms with E-state index in [2.05, 4.69) is 19.2 Å². The minimum atomic E-state index is -4.23. The number of rotatable bonds is 8. The molecule has 0 saturated heterocycles. The molecule has 0 fully saturated rings.